The lowest BCUT2D eigenvalue weighted by Crippen LogP contribution is -2.19. The molecule has 0 aliphatic rings. The molecular weight excluding hydrogens is 222 g/mol. The smallest absolute Gasteiger partial charge is 0.125 e. The van der Waals surface area contributed by atoms with Crippen LogP contribution in [0.1, 0.15) is 36.3 Å². The first-order valence-electron chi connectivity index (χ1n) is 6.53. The molecule has 0 aliphatic heterocycles. The van der Waals surface area contributed by atoms with Gasteiger partial charge in [0.1, 0.15) is 5.82 Å². The quantitative estimate of drug-likeness (QED) is 0.877. The van der Waals surface area contributed by atoms with E-state index in [4.69, 9.17) is 5.73 Å². The highest BCUT2D eigenvalue weighted by atomic mass is 15.1. The standard InChI is InChI=1S/C15H21N3/c1-3-8-18-9-7-17-15(18)14(16)11-13-6-4-5-12(2)10-13/h4-7,9-10,14H,3,8,11,16H2,1-2H3. The monoisotopic (exact) mass is 243 g/mol. The van der Waals surface area contributed by atoms with Gasteiger partial charge in [-0.05, 0) is 25.3 Å². The van der Waals surface area contributed by atoms with E-state index in [9.17, 15) is 0 Å². The summed E-state index contributed by atoms with van der Waals surface area (Å²) in [4.78, 5) is 4.39. The Balaban J connectivity index is 2.11. The molecule has 1 heterocycles. The zero-order valence-electron chi connectivity index (χ0n) is 11.1. The first kappa shape index (κ1) is 12.8. The third-order valence-corrected chi connectivity index (χ3v) is 3.08. The van der Waals surface area contributed by atoms with Crippen LogP contribution in [0.25, 0.3) is 0 Å². The Labute approximate surface area is 109 Å². The molecule has 0 amide bonds. The van der Waals surface area contributed by atoms with Crippen LogP contribution in [0.5, 0.6) is 0 Å². The van der Waals surface area contributed by atoms with E-state index in [0.717, 1.165) is 25.2 Å². The molecule has 1 unspecified atom stereocenters. The Morgan fingerprint density at radius 1 is 1.39 bits per heavy atom. The molecule has 2 rings (SSSR count). The molecular formula is C15H21N3. The van der Waals surface area contributed by atoms with Gasteiger partial charge in [-0.3, -0.25) is 0 Å². The number of aromatic nitrogens is 2. The third-order valence-electron chi connectivity index (χ3n) is 3.08. The Morgan fingerprint density at radius 3 is 2.94 bits per heavy atom. The maximum absolute atomic E-state index is 6.27. The van der Waals surface area contributed by atoms with Crippen LogP contribution in [0.2, 0.25) is 0 Å². The lowest BCUT2D eigenvalue weighted by Gasteiger charge is -2.14. The van der Waals surface area contributed by atoms with Gasteiger partial charge in [-0.2, -0.15) is 0 Å². The van der Waals surface area contributed by atoms with Gasteiger partial charge >= 0.3 is 0 Å². The van der Waals surface area contributed by atoms with Gasteiger partial charge in [0.05, 0.1) is 6.04 Å². The number of benzene rings is 1. The minimum Gasteiger partial charge on any atom is -0.334 e. The maximum Gasteiger partial charge on any atom is 0.125 e. The summed E-state index contributed by atoms with van der Waals surface area (Å²) in [6, 6.07) is 8.46. The molecule has 2 aromatic rings. The molecule has 0 saturated heterocycles. The Hall–Kier alpha value is -1.61. The van der Waals surface area contributed by atoms with Crippen LogP contribution in [-0.2, 0) is 13.0 Å². The molecule has 1 aromatic heterocycles. The van der Waals surface area contributed by atoms with Gasteiger partial charge in [0.25, 0.3) is 0 Å². The van der Waals surface area contributed by atoms with Crippen molar-refractivity contribution in [1.29, 1.82) is 0 Å². The minimum absolute atomic E-state index is 0.0339. The Bertz CT molecular complexity index is 502. The van der Waals surface area contributed by atoms with Crippen LogP contribution in [0, 0.1) is 6.92 Å². The number of aryl methyl sites for hydroxylation is 2. The van der Waals surface area contributed by atoms with Crippen LogP contribution < -0.4 is 5.73 Å². The second-order valence-corrected chi connectivity index (χ2v) is 4.78. The normalized spacial score (nSPS) is 12.6. The molecule has 0 spiro atoms. The minimum atomic E-state index is -0.0339. The van der Waals surface area contributed by atoms with Crippen molar-refractivity contribution in [3.8, 4) is 0 Å². The van der Waals surface area contributed by atoms with Crippen LogP contribution >= 0.6 is 0 Å². The highest BCUT2D eigenvalue weighted by molar-refractivity contribution is 5.23. The number of nitrogens with zero attached hydrogens (tertiary/aromatic N) is 2. The summed E-state index contributed by atoms with van der Waals surface area (Å²) < 4.78 is 2.15. The van der Waals surface area contributed by atoms with E-state index in [1.165, 1.54) is 11.1 Å². The SMILES string of the molecule is CCCn1ccnc1C(N)Cc1cccc(C)c1. The van der Waals surface area contributed by atoms with Gasteiger partial charge in [-0.15, -0.1) is 0 Å². The summed E-state index contributed by atoms with van der Waals surface area (Å²) in [7, 11) is 0. The molecule has 1 atom stereocenters. The summed E-state index contributed by atoms with van der Waals surface area (Å²) in [6.45, 7) is 5.25. The van der Waals surface area contributed by atoms with E-state index < -0.39 is 0 Å². The highest BCUT2D eigenvalue weighted by Gasteiger charge is 2.12. The summed E-state index contributed by atoms with van der Waals surface area (Å²) in [5.41, 5.74) is 8.82. The number of hydrogen-bond acceptors (Lipinski definition) is 2. The predicted octanol–water partition coefficient (Wildman–Crippen LogP) is 2.84. The van der Waals surface area contributed by atoms with Gasteiger partial charge < -0.3 is 10.3 Å². The molecule has 2 N–H and O–H groups in total. The number of nitrogens with two attached hydrogens (primary N) is 1. The molecule has 96 valence electrons. The van der Waals surface area contributed by atoms with E-state index in [-0.39, 0.29) is 6.04 Å². The van der Waals surface area contributed by atoms with Crippen molar-refractivity contribution >= 4 is 0 Å². The fraction of sp³-hybridized carbons (Fsp3) is 0.400. The van der Waals surface area contributed by atoms with E-state index in [1.807, 2.05) is 12.4 Å². The first-order chi connectivity index (χ1) is 8.70. The molecule has 3 nitrogen and oxygen atoms in total. The summed E-state index contributed by atoms with van der Waals surface area (Å²) in [5.74, 6) is 0.985. The molecule has 0 radical (unpaired) electrons. The van der Waals surface area contributed by atoms with Gasteiger partial charge in [0.2, 0.25) is 0 Å². The summed E-state index contributed by atoms with van der Waals surface area (Å²) >= 11 is 0. The van der Waals surface area contributed by atoms with E-state index in [2.05, 4.69) is 47.7 Å². The molecule has 0 fully saturated rings. The molecule has 3 heteroatoms. The molecule has 0 aliphatic carbocycles. The second-order valence-electron chi connectivity index (χ2n) is 4.78. The van der Waals surface area contributed by atoms with Crippen molar-refractivity contribution in [2.24, 2.45) is 5.73 Å². The van der Waals surface area contributed by atoms with Gasteiger partial charge in [0, 0.05) is 18.9 Å². The van der Waals surface area contributed by atoms with Gasteiger partial charge in [-0.25, -0.2) is 4.98 Å². The molecule has 18 heavy (non-hydrogen) atoms. The van der Waals surface area contributed by atoms with E-state index in [1.54, 1.807) is 0 Å². The van der Waals surface area contributed by atoms with Crippen LogP contribution in [0.15, 0.2) is 36.7 Å². The average molecular weight is 243 g/mol. The van der Waals surface area contributed by atoms with Crippen molar-refractivity contribution in [3.05, 3.63) is 53.6 Å². The van der Waals surface area contributed by atoms with Crippen LogP contribution in [0.4, 0.5) is 0 Å². The number of rotatable bonds is 5. The van der Waals surface area contributed by atoms with Gasteiger partial charge in [0.15, 0.2) is 0 Å². The molecule has 0 bridgehead atoms. The van der Waals surface area contributed by atoms with Crippen molar-refractivity contribution in [2.45, 2.75) is 39.3 Å². The highest BCUT2D eigenvalue weighted by Crippen LogP contribution is 2.16. The van der Waals surface area contributed by atoms with Gasteiger partial charge in [-0.1, -0.05) is 36.8 Å². The Kier molecular flexibility index (Phi) is 4.15. The third kappa shape index (κ3) is 2.99. The zero-order valence-corrected chi connectivity index (χ0v) is 11.1. The maximum atomic E-state index is 6.27. The van der Waals surface area contributed by atoms with Crippen molar-refractivity contribution in [2.75, 3.05) is 0 Å². The van der Waals surface area contributed by atoms with Crippen molar-refractivity contribution < 1.29 is 0 Å². The van der Waals surface area contributed by atoms with Crippen molar-refractivity contribution in [3.63, 3.8) is 0 Å². The fourth-order valence-electron chi connectivity index (χ4n) is 2.26. The number of imidazole rings is 1. The summed E-state index contributed by atoms with van der Waals surface area (Å²) in [6.07, 6.45) is 5.78. The topological polar surface area (TPSA) is 43.8 Å². The molecule has 1 aromatic carbocycles. The van der Waals surface area contributed by atoms with Crippen molar-refractivity contribution in [1.82, 2.24) is 9.55 Å². The Morgan fingerprint density at radius 2 is 2.22 bits per heavy atom. The fourth-order valence-corrected chi connectivity index (χ4v) is 2.26. The van der Waals surface area contributed by atoms with E-state index >= 15 is 0 Å². The zero-order chi connectivity index (χ0) is 13.0. The lowest BCUT2D eigenvalue weighted by molar-refractivity contribution is 0.574. The molecule has 0 saturated carbocycles. The second kappa shape index (κ2) is 5.83. The number of hydrogen-bond donors (Lipinski definition) is 1. The predicted molar refractivity (Wildman–Crippen MR) is 74.3 cm³/mol. The average Bonchev–Trinajstić information content (AvgIpc) is 2.78. The van der Waals surface area contributed by atoms with E-state index in [0.29, 0.717) is 0 Å². The lowest BCUT2D eigenvalue weighted by atomic mass is 10.0. The first-order valence-corrected chi connectivity index (χ1v) is 6.53. The largest absolute Gasteiger partial charge is 0.334 e. The van der Waals surface area contributed by atoms with Crippen LogP contribution in [0.3, 0.4) is 0 Å². The summed E-state index contributed by atoms with van der Waals surface area (Å²) in [5, 5.41) is 0. The van der Waals surface area contributed by atoms with Crippen LogP contribution in [-0.4, -0.2) is 9.55 Å².